The maximum atomic E-state index is 12.3. The fourth-order valence-electron chi connectivity index (χ4n) is 3.20. The molecule has 1 amide bonds. The number of hydrogen-bond donors (Lipinski definition) is 1. The highest BCUT2D eigenvalue weighted by Gasteiger charge is 2.15. The minimum Gasteiger partial charge on any atom is -0.348 e. The van der Waals surface area contributed by atoms with Gasteiger partial charge in [-0.1, -0.05) is 26.2 Å². The fraction of sp³-hybridized carbons (Fsp3) is 0.684. The lowest BCUT2D eigenvalue weighted by Gasteiger charge is -2.24. The number of aromatic nitrogens is 1. The van der Waals surface area contributed by atoms with Gasteiger partial charge in [0.15, 0.2) is 0 Å². The summed E-state index contributed by atoms with van der Waals surface area (Å²) in [6.07, 6.45) is 9.85. The van der Waals surface area contributed by atoms with Crippen LogP contribution in [0.15, 0.2) is 18.3 Å². The van der Waals surface area contributed by atoms with E-state index in [0.717, 1.165) is 31.7 Å². The first kappa shape index (κ1) is 17.9. The minimum absolute atomic E-state index is 0.0229. The molecule has 1 saturated heterocycles. The van der Waals surface area contributed by atoms with Gasteiger partial charge >= 0.3 is 0 Å². The third-order valence-corrected chi connectivity index (χ3v) is 4.64. The molecule has 1 N–H and O–H groups in total. The van der Waals surface area contributed by atoms with Crippen molar-refractivity contribution in [2.45, 2.75) is 64.8 Å². The van der Waals surface area contributed by atoms with Crippen molar-refractivity contribution in [3.05, 3.63) is 29.6 Å². The molecule has 1 fully saturated rings. The molecule has 1 atom stereocenters. The normalized spacial score (nSPS) is 18.0. The summed E-state index contributed by atoms with van der Waals surface area (Å²) >= 11 is 0. The molecule has 0 spiro atoms. The van der Waals surface area contributed by atoms with Crippen molar-refractivity contribution in [2.75, 3.05) is 19.6 Å². The summed E-state index contributed by atoms with van der Waals surface area (Å²) in [6.45, 7) is 7.31. The van der Waals surface area contributed by atoms with Crippen LogP contribution in [0.2, 0.25) is 0 Å². The number of nitrogens with one attached hydrogen (secondary N) is 1. The Balaban J connectivity index is 1.80. The number of rotatable bonds is 6. The van der Waals surface area contributed by atoms with E-state index in [1.54, 1.807) is 0 Å². The number of carbonyl (C=O) groups excluding carboxylic acids is 1. The van der Waals surface area contributed by atoms with Crippen LogP contribution in [0.25, 0.3) is 0 Å². The van der Waals surface area contributed by atoms with Crippen LogP contribution in [0, 0.1) is 6.92 Å². The third kappa shape index (κ3) is 6.30. The summed E-state index contributed by atoms with van der Waals surface area (Å²) in [5, 5.41) is 3.15. The molecule has 0 aromatic carbocycles. The zero-order chi connectivity index (χ0) is 16.5. The first-order valence-electron chi connectivity index (χ1n) is 9.13. The van der Waals surface area contributed by atoms with Crippen LogP contribution in [0.1, 0.15) is 69.2 Å². The van der Waals surface area contributed by atoms with Crippen molar-refractivity contribution < 1.29 is 4.79 Å². The Labute approximate surface area is 140 Å². The number of hydrogen-bond acceptors (Lipinski definition) is 3. The first-order chi connectivity index (χ1) is 11.2. The molecule has 2 rings (SSSR count). The topological polar surface area (TPSA) is 45.2 Å². The van der Waals surface area contributed by atoms with Crippen molar-refractivity contribution in [3.8, 4) is 0 Å². The minimum atomic E-state index is 0.0229. The zero-order valence-electron chi connectivity index (χ0n) is 14.7. The number of amides is 1. The first-order valence-corrected chi connectivity index (χ1v) is 9.13. The SMILES string of the molecule is CC[C@H](NC(=O)CCN1CCCCCCC1)c1cc(C)ccn1. The van der Waals surface area contributed by atoms with E-state index in [1.165, 1.54) is 37.7 Å². The van der Waals surface area contributed by atoms with Gasteiger partial charge < -0.3 is 10.2 Å². The zero-order valence-corrected chi connectivity index (χ0v) is 14.7. The molecular formula is C19H31N3O. The summed E-state index contributed by atoms with van der Waals surface area (Å²) < 4.78 is 0. The van der Waals surface area contributed by atoms with Gasteiger partial charge in [-0.05, 0) is 57.0 Å². The van der Waals surface area contributed by atoms with E-state index in [-0.39, 0.29) is 11.9 Å². The van der Waals surface area contributed by atoms with E-state index in [0.29, 0.717) is 6.42 Å². The number of nitrogens with zero attached hydrogens (tertiary/aromatic N) is 2. The Hall–Kier alpha value is -1.42. The van der Waals surface area contributed by atoms with Gasteiger partial charge in [0.05, 0.1) is 11.7 Å². The summed E-state index contributed by atoms with van der Waals surface area (Å²) in [6, 6.07) is 4.07. The molecule has 4 nitrogen and oxygen atoms in total. The van der Waals surface area contributed by atoms with Crippen molar-refractivity contribution in [1.82, 2.24) is 15.2 Å². The molecule has 0 aliphatic carbocycles. The van der Waals surface area contributed by atoms with Gasteiger partial charge in [-0.2, -0.15) is 0 Å². The maximum Gasteiger partial charge on any atom is 0.221 e. The lowest BCUT2D eigenvalue weighted by molar-refractivity contribution is -0.122. The van der Waals surface area contributed by atoms with Crippen molar-refractivity contribution in [3.63, 3.8) is 0 Å². The van der Waals surface area contributed by atoms with Gasteiger partial charge in [0.25, 0.3) is 0 Å². The largest absolute Gasteiger partial charge is 0.348 e. The maximum absolute atomic E-state index is 12.3. The van der Waals surface area contributed by atoms with Gasteiger partial charge in [-0.25, -0.2) is 0 Å². The molecule has 1 aromatic heterocycles. The number of carbonyl (C=O) groups is 1. The van der Waals surface area contributed by atoms with Gasteiger partial charge in [0.1, 0.15) is 0 Å². The number of likely N-dealkylation sites (tertiary alicyclic amines) is 1. The number of pyridine rings is 1. The smallest absolute Gasteiger partial charge is 0.221 e. The lowest BCUT2D eigenvalue weighted by Crippen LogP contribution is -2.34. The molecule has 4 heteroatoms. The Morgan fingerprint density at radius 3 is 2.61 bits per heavy atom. The molecular weight excluding hydrogens is 286 g/mol. The quantitative estimate of drug-likeness (QED) is 0.871. The molecule has 23 heavy (non-hydrogen) atoms. The molecule has 1 aliphatic heterocycles. The Morgan fingerprint density at radius 2 is 1.96 bits per heavy atom. The predicted molar refractivity (Wildman–Crippen MR) is 94.3 cm³/mol. The molecule has 2 heterocycles. The van der Waals surface area contributed by atoms with Crippen molar-refractivity contribution in [1.29, 1.82) is 0 Å². The highest BCUT2D eigenvalue weighted by atomic mass is 16.1. The molecule has 1 aromatic rings. The molecule has 0 radical (unpaired) electrons. The van der Waals surface area contributed by atoms with E-state index >= 15 is 0 Å². The summed E-state index contributed by atoms with van der Waals surface area (Å²) in [7, 11) is 0. The van der Waals surface area contributed by atoms with E-state index in [4.69, 9.17) is 0 Å². The van der Waals surface area contributed by atoms with Crippen LogP contribution in [0.5, 0.6) is 0 Å². The summed E-state index contributed by atoms with van der Waals surface area (Å²) in [5.74, 6) is 0.141. The summed E-state index contributed by atoms with van der Waals surface area (Å²) in [4.78, 5) is 19.2. The molecule has 0 saturated carbocycles. The van der Waals surface area contributed by atoms with E-state index in [9.17, 15) is 4.79 Å². The average Bonchev–Trinajstić information content (AvgIpc) is 2.51. The monoisotopic (exact) mass is 317 g/mol. The Kier molecular flexibility index (Phi) is 7.53. The van der Waals surface area contributed by atoms with E-state index in [1.807, 2.05) is 12.3 Å². The Bertz CT molecular complexity index is 481. The van der Waals surface area contributed by atoms with E-state index < -0.39 is 0 Å². The van der Waals surface area contributed by atoms with Crippen LogP contribution < -0.4 is 5.32 Å². The second-order valence-corrected chi connectivity index (χ2v) is 6.65. The van der Waals surface area contributed by atoms with Crippen molar-refractivity contribution in [2.24, 2.45) is 0 Å². The third-order valence-electron chi connectivity index (χ3n) is 4.64. The van der Waals surface area contributed by atoms with Crippen LogP contribution in [0.4, 0.5) is 0 Å². The van der Waals surface area contributed by atoms with E-state index in [2.05, 4.69) is 35.1 Å². The number of aryl methyl sites for hydroxylation is 1. The Morgan fingerprint density at radius 1 is 1.26 bits per heavy atom. The van der Waals surface area contributed by atoms with Crippen molar-refractivity contribution >= 4 is 5.91 Å². The highest BCUT2D eigenvalue weighted by Crippen LogP contribution is 2.15. The second kappa shape index (κ2) is 9.66. The van der Waals surface area contributed by atoms with Crippen LogP contribution in [-0.2, 0) is 4.79 Å². The molecule has 0 bridgehead atoms. The van der Waals surface area contributed by atoms with Gasteiger partial charge in [-0.15, -0.1) is 0 Å². The average molecular weight is 317 g/mol. The fourth-order valence-corrected chi connectivity index (χ4v) is 3.20. The van der Waals surface area contributed by atoms with Gasteiger partial charge in [0, 0.05) is 19.2 Å². The lowest BCUT2D eigenvalue weighted by atomic mass is 10.1. The van der Waals surface area contributed by atoms with Crippen LogP contribution in [0.3, 0.4) is 0 Å². The molecule has 128 valence electrons. The van der Waals surface area contributed by atoms with Gasteiger partial charge in [-0.3, -0.25) is 9.78 Å². The molecule has 0 unspecified atom stereocenters. The standard InChI is InChI=1S/C19H31N3O/c1-3-17(18-15-16(2)9-11-20-18)21-19(23)10-14-22-12-7-5-4-6-8-13-22/h9,11,15,17H,3-8,10,12-14H2,1-2H3,(H,21,23)/t17-/m0/s1. The second-order valence-electron chi connectivity index (χ2n) is 6.65. The van der Waals surface area contributed by atoms with Crippen LogP contribution in [-0.4, -0.2) is 35.4 Å². The summed E-state index contributed by atoms with van der Waals surface area (Å²) in [5.41, 5.74) is 2.15. The van der Waals surface area contributed by atoms with Crippen LogP contribution >= 0.6 is 0 Å². The molecule has 1 aliphatic rings. The van der Waals surface area contributed by atoms with Gasteiger partial charge in [0.2, 0.25) is 5.91 Å². The highest BCUT2D eigenvalue weighted by molar-refractivity contribution is 5.76. The predicted octanol–water partition coefficient (Wildman–Crippen LogP) is 3.61.